The lowest BCUT2D eigenvalue weighted by Gasteiger charge is -2.06. The van der Waals surface area contributed by atoms with Crippen molar-refractivity contribution in [1.29, 1.82) is 0 Å². The summed E-state index contributed by atoms with van der Waals surface area (Å²) in [7, 11) is 0. The van der Waals surface area contributed by atoms with Crippen LogP contribution < -0.4 is 4.74 Å². The zero-order valence-electron chi connectivity index (χ0n) is 11.3. The van der Waals surface area contributed by atoms with E-state index in [-0.39, 0.29) is 16.3 Å². The lowest BCUT2D eigenvalue weighted by Crippen LogP contribution is -2.12. The van der Waals surface area contributed by atoms with Crippen LogP contribution in [0.15, 0.2) is 23.3 Å². The molecule has 0 atom stereocenters. The summed E-state index contributed by atoms with van der Waals surface area (Å²) in [6, 6.07) is 4.27. The van der Waals surface area contributed by atoms with Crippen LogP contribution in [0.1, 0.15) is 18.3 Å². The molecule has 118 valence electrons. The van der Waals surface area contributed by atoms with Gasteiger partial charge in [-0.3, -0.25) is 0 Å². The van der Waals surface area contributed by atoms with E-state index >= 15 is 0 Å². The highest BCUT2D eigenvalue weighted by molar-refractivity contribution is 7.71. The highest BCUT2D eigenvalue weighted by atomic mass is 32.1. The van der Waals surface area contributed by atoms with Gasteiger partial charge in [0.25, 0.3) is 5.82 Å². The first-order valence-corrected chi connectivity index (χ1v) is 6.48. The number of benzene rings is 1. The molecule has 0 unspecified atom stereocenters. The van der Waals surface area contributed by atoms with Crippen LogP contribution >= 0.6 is 12.2 Å². The number of hydrogen-bond donors (Lipinski definition) is 2. The van der Waals surface area contributed by atoms with Crippen LogP contribution in [0.5, 0.6) is 11.5 Å². The molecule has 0 aliphatic carbocycles. The van der Waals surface area contributed by atoms with E-state index in [0.717, 1.165) is 6.21 Å². The number of aromatic hydroxyl groups is 1. The van der Waals surface area contributed by atoms with Gasteiger partial charge in [-0.2, -0.15) is 22.9 Å². The molecule has 0 bridgehead atoms. The Balaban J connectivity index is 2.36. The molecule has 1 aromatic heterocycles. The van der Waals surface area contributed by atoms with Crippen molar-refractivity contribution in [1.82, 2.24) is 14.9 Å². The highest BCUT2D eigenvalue weighted by Gasteiger charge is 2.37. The Kier molecular flexibility index (Phi) is 4.50. The van der Waals surface area contributed by atoms with E-state index in [1.807, 2.05) is 0 Å². The fourth-order valence-electron chi connectivity index (χ4n) is 1.59. The van der Waals surface area contributed by atoms with Gasteiger partial charge in [0.05, 0.1) is 12.8 Å². The lowest BCUT2D eigenvalue weighted by atomic mass is 10.2. The fourth-order valence-corrected chi connectivity index (χ4v) is 1.77. The van der Waals surface area contributed by atoms with Gasteiger partial charge in [-0.1, -0.05) is 0 Å². The maximum atomic E-state index is 12.7. The molecule has 10 heteroatoms. The van der Waals surface area contributed by atoms with Crippen LogP contribution in [-0.4, -0.2) is 32.8 Å². The molecular formula is C12H11F3N4O2S. The number of phenolic OH excluding ortho intramolecular Hbond substituents is 1. The average molecular weight is 332 g/mol. The summed E-state index contributed by atoms with van der Waals surface area (Å²) in [4.78, 5) is 0. The minimum absolute atomic E-state index is 0.0742. The minimum Gasteiger partial charge on any atom is -0.504 e. The Labute approximate surface area is 127 Å². The van der Waals surface area contributed by atoms with E-state index in [4.69, 9.17) is 17.0 Å². The zero-order valence-corrected chi connectivity index (χ0v) is 12.1. The van der Waals surface area contributed by atoms with Crippen LogP contribution in [0, 0.1) is 4.77 Å². The second-order valence-corrected chi connectivity index (χ2v) is 4.45. The highest BCUT2D eigenvalue weighted by Crippen LogP contribution is 2.28. The third-order valence-electron chi connectivity index (χ3n) is 2.51. The number of H-pyrrole nitrogens is 1. The zero-order chi connectivity index (χ0) is 16.3. The third-order valence-corrected chi connectivity index (χ3v) is 2.77. The number of hydrogen-bond acceptors (Lipinski definition) is 5. The summed E-state index contributed by atoms with van der Waals surface area (Å²) in [6.45, 7) is 2.07. The van der Waals surface area contributed by atoms with Crippen molar-refractivity contribution in [2.75, 3.05) is 6.61 Å². The molecule has 0 radical (unpaired) electrons. The molecule has 0 fully saturated rings. The number of ether oxygens (including phenoxy) is 1. The predicted molar refractivity (Wildman–Crippen MR) is 74.7 cm³/mol. The number of aromatic amines is 1. The van der Waals surface area contributed by atoms with E-state index in [9.17, 15) is 18.3 Å². The number of halogens is 3. The van der Waals surface area contributed by atoms with Gasteiger partial charge >= 0.3 is 6.18 Å². The van der Waals surface area contributed by atoms with Crippen molar-refractivity contribution in [2.24, 2.45) is 5.10 Å². The molecule has 22 heavy (non-hydrogen) atoms. The van der Waals surface area contributed by atoms with Crippen LogP contribution in [0.3, 0.4) is 0 Å². The molecule has 0 saturated heterocycles. The molecule has 2 rings (SSSR count). The van der Waals surface area contributed by atoms with Crippen LogP contribution in [0.25, 0.3) is 0 Å². The van der Waals surface area contributed by atoms with Crippen molar-refractivity contribution < 1.29 is 23.0 Å². The van der Waals surface area contributed by atoms with Gasteiger partial charge in [0.2, 0.25) is 4.77 Å². The predicted octanol–water partition coefficient (Wildman–Crippen LogP) is 2.95. The number of nitrogens with one attached hydrogen (secondary N) is 1. The molecule has 0 aliphatic rings. The first kappa shape index (κ1) is 16.0. The maximum Gasteiger partial charge on any atom is 0.453 e. The van der Waals surface area contributed by atoms with Gasteiger partial charge in [-0.25, -0.2) is 5.10 Å². The average Bonchev–Trinajstić information content (AvgIpc) is 2.81. The van der Waals surface area contributed by atoms with E-state index < -0.39 is 12.0 Å². The quantitative estimate of drug-likeness (QED) is 0.667. The van der Waals surface area contributed by atoms with Crippen molar-refractivity contribution in [3.05, 3.63) is 34.4 Å². The lowest BCUT2D eigenvalue weighted by molar-refractivity contribution is -0.147. The van der Waals surface area contributed by atoms with Crippen molar-refractivity contribution in [3.63, 3.8) is 0 Å². The largest absolute Gasteiger partial charge is 0.504 e. The molecule has 2 aromatic rings. The Hall–Kier alpha value is -2.36. The number of aromatic nitrogens is 3. The van der Waals surface area contributed by atoms with E-state index in [1.165, 1.54) is 18.2 Å². The molecule has 1 heterocycles. The minimum atomic E-state index is -4.68. The van der Waals surface area contributed by atoms with Gasteiger partial charge in [0.15, 0.2) is 11.5 Å². The summed E-state index contributed by atoms with van der Waals surface area (Å²) >= 11 is 4.71. The molecule has 0 amide bonds. The van der Waals surface area contributed by atoms with E-state index in [0.29, 0.717) is 16.8 Å². The standard InChI is InChI=1S/C12H11F3N4O2S/c1-2-21-9-5-7(3-4-8(9)20)6-16-19-10(12(13,14)15)17-18-11(19)22/h3-6,20H,2H2,1H3,(H,18,22)/b16-6-. The summed E-state index contributed by atoms with van der Waals surface area (Å²) in [5.41, 5.74) is 0.428. The smallest absolute Gasteiger partial charge is 0.453 e. The van der Waals surface area contributed by atoms with Crippen LogP contribution in [-0.2, 0) is 6.18 Å². The second-order valence-electron chi connectivity index (χ2n) is 4.07. The fraction of sp³-hybridized carbons (Fsp3) is 0.250. The summed E-state index contributed by atoms with van der Waals surface area (Å²) in [6.07, 6.45) is -3.53. The Morgan fingerprint density at radius 2 is 2.23 bits per heavy atom. The number of alkyl halides is 3. The Morgan fingerprint density at radius 3 is 2.86 bits per heavy atom. The number of phenols is 1. The summed E-state index contributed by atoms with van der Waals surface area (Å²) in [5, 5.41) is 18.4. The molecule has 2 N–H and O–H groups in total. The molecule has 0 saturated carbocycles. The van der Waals surface area contributed by atoms with E-state index in [2.05, 4.69) is 15.3 Å². The SMILES string of the molecule is CCOc1cc(/C=N\n2c(C(F)(F)F)n[nH]c2=S)ccc1O. The number of nitrogens with zero attached hydrogens (tertiary/aromatic N) is 3. The van der Waals surface area contributed by atoms with Crippen LogP contribution in [0.2, 0.25) is 0 Å². The summed E-state index contributed by atoms with van der Waals surface area (Å²) < 4.78 is 43.6. The molecular weight excluding hydrogens is 321 g/mol. The molecule has 1 aromatic carbocycles. The monoisotopic (exact) mass is 332 g/mol. The molecule has 6 nitrogen and oxygen atoms in total. The van der Waals surface area contributed by atoms with Crippen molar-refractivity contribution in [2.45, 2.75) is 13.1 Å². The van der Waals surface area contributed by atoms with Gasteiger partial charge in [0, 0.05) is 0 Å². The first-order valence-electron chi connectivity index (χ1n) is 6.07. The third kappa shape index (κ3) is 3.45. The van der Waals surface area contributed by atoms with Crippen molar-refractivity contribution >= 4 is 18.4 Å². The number of rotatable bonds is 4. The van der Waals surface area contributed by atoms with Crippen LogP contribution in [0.4, 0.5) is 13.2 Å². The Bertz CT molecular complexity index is 752. The van der Waals surface area contributed by atoms with Gasteiger partial charge in [-0.05, 0) is 42.9 Å². The second kappa shape index (κ2) is 6.18. The normalized spacial score (nSPS) is 12.0. The molecule has 0 spiro atoms. The van der Waals surface area contributed by atoms with Gasteiger partial charge in [-0.15, -0.1) is 5.10 Å². The summed E-state index contributed by atoms with van der Waals surface area (Å²) in [5.74, 6) is -1.12. The van der Waals surface area contributed by atoms with Gasteiger partial charge in [0.1, 0.15) is 0 Å². The topological polar surface area (TPSA) is 75.4 Å². The first-order chi connectivity index (χ1) is 10.3. The Morgan fingerprint density at radius 1 is 1.50 bits per heavy atom. The van der Waals surface area contributed by atoms with Crippen molar-refractivity contribution in [3.8, 4) is 11.5 Å². The maximum absolute atomic E-state index is 12.7. The van der Waals surface area contributed by atoms with E-state index in [1.54, 1.807) is 6.92 Å². The van der Waals surface area contributed by atoms with Gasteiger partial charge < -0.3 is 9.84 Å². The molecule has 0 aliphatic heterocycles.